The summed E-state index contributed by atoms with van der Waals surface area (Å²) in [6.45, 7) is 19.1. The number of fused-ring (bicyclic) bond motifs is 10. The van der Waals surface area contributed by atoms with Crippen LogP contribution in [0, 0.1) is 92.7 Å². The zero-order valence-corrected chi connectivity index (χ0v) is 50.0. The molecule has 0 aromatic heterocycles. The molecule has 454 valence electrons. The molecule has 8 fully saturated rings. The van der Waals surface area contributed by atoms with E-state index in [4.69, 9.17) is 28.4 Å². The lowest BCUT2D eigenvalue weighted by atomic mass is 9.43. The molecule has 8 aliphatic carbocycles. The molecule has 2 amide bonds. The predicted octanol–water partition coefficient (Wildman–Crippen LogP) is 12.0. The highest BCUT2D eigenvalue weighted by Gasteiger charge is 2.70. The van der Waals surface area contributed by atoms with Crippen molar-refractivity contribution in [2.24, 2.45) is 92.7 Å². The molecule has 0 heterocycles. The minimum Gasteiger partial charge on any atom is -0.481 e. The number of ether oxygens (including phenoxy) is 6. The maximum Gasteiger partial charge on any atom is 0.411 e. The van der Waals surface area contributed by atoms with E-state index in [1.165, 1.54) is 27.7 Å². The number of aliphatic carboxylic acids is 2. The zero-order chi connectivity index (χ0) is 59.4. The van der Waals surface area contributed by atoms with Crippen molar-refractivity contribution in [3.63, 3.8) is 0 Å². The molecule has 0 bridgehead atoms. The Hall–Kier alpha value is -5.42. The molecule has 0 unspecified atom stereocenters. The molecular formula is C64H92N2O16. The van der Waals surface area contributed by atoms with E-state index in [0.717, 1.165) is 38.5 Å². The minimum absolute atomic E-state index is 0.0248. The van der Waals surface area contributed by atoms with Gasteiger partial charge in [-0.1, -0.05) is 47.6 Å². The lowest BCUT2D eigenvalue weighted by Crippen LogP contribution is -2.63. The molecule has 1 aromatic rings. The lowest BCUT2D eigenvalue weighted by molar-refractivity contribution is -0.224. The summed E-state index contributed by atoms with van der Waals surface area (Å²) in [6.07, 6.45) is 7.35. The van der Waals surface area contributed by atoms with Crippen LogP contribution in [0.25, 0.3) is 0 Å². The third-order valence-corrected chi connectivity index (χ3v) is 23.7. The Morgan fingerprint density at radius 3 is 1.24 bits per heavy atom. The van der Waals surface area contributed by atoms with Crippen LogP contribution in [0.5, 0.6) is 0 Å². The Kier molecular flexibility index (Phi) is 17.8. The fraction of sp³-hybridized carbons (Fsp3) is 0.781. The summed E-state index contributed by atoms with van der Waals surface area (Å²) in [5.74, 6) is -2.16. The number of nitrogens with one attached hydrogen (secondary N) is 2. The smallest absolute Gasteiger partial charge is 0.411 e. The number of anilines is 2. The first-order valence-electron chi connectivity index (χ1n) is 30.8. The number of benzene rings is 1. The van der Waals surface area contributed by atoms with E-state index >= 15 is 0 Å². The Balaban J connectivity index is 0.822. The molecule has 8 aliphatic rings. The van der Waals surface area contributed by atoms with Crippen LogP contribution in [-0.2, 0) is 57.2 Å². The van der Waals surface area contributed by atoms with Gasteiger partial charge in [-0.15, -0.1) is 0 Å². The summed E-state index contributed by atoms with van der Waals surface area (Å²) in [7, 11) is 0. The average molecular weight is 1150 g/mol. The predicted molar refractivity (Wildman–Crippen MR) is 300 cm³/mol. The molecule has 0 aliphatic heterocycles. The highest BCUT2D eigenvalue weighted by molar-refractivity contribution is 5.89. The van der Waals surface area contributed by atoms with Crippen molar-refractivity contribution in [1.29, 1.82) is 0 Å². The number of esters is 4. The van der Waals surface area contributed by atoms with Gasteiger partial charge in [-0.2, -0.15) is 0 Å². The number of carbonyl (C=O) groups excluding carboxylic acids is 6. The van der Waals surface area contributed by atoms with Gasteiger partial charge in [0.2, 0.25) is 0 Å². The van der Waals surface area contributed by atoms with E-state index in [1.807, 2.05) is 0 Å². The van der Waals surface area contributed by atoms with Crippen molar-refractivity contribution >= 4 is 59.4 Å². The van der Waals surface area contributed by atoms with Gasteiger partial charge in [0.25, 0.3) is 0 Å². The van der Waals surface area contributed by atoms with Crippen LogP contribution in [0.15, 0.2) is 24.3 Å². The summed E-state index contributed by atoms with van der Waals surface area (Å²) >= 11 is 0. The Morgan fingerprint density at radius 2 is 0.890 bits per heavy atom. The Labute approximate surface area is 483 Å². The van der Waals surface area contributed by atoms with Gasteiger partial charge in [0.05, 0.1) is 0 Å². The van der Waals surface area contributed by atoms with Gasteiger partial charge >= 0.3 is 48.0 Å². The van der Waals surface area contributed by atoms with Crippen LogP contribution < -0.4 is 10.6 Å². The molecule has 1 aromatic carbocycles. The van der Waals surface area contributed by atoms with E-state index in [2.05, 4.69) is 52.2 Å². The van der Waals surface area contributed by atoms with Crippen LogP contribution >= 0.6 is 0 Å². The second-order valence-corrected chi connectivity index (χ2v) is 27.8. The minimum atomic E-state index is -0.830. The molecule has 9 rings (SSSR count). The third kappa shape index (κ3) is 11.9. The number of carboxylic acids is 2. The van der Waals surface area contributed by atoms with Crippen molar-refractivity contribution < 1.29 is 77.0 Å². The van der Waals surface area contributed by atoms with Crippen molar-refractivity contribution in [3.8, 4) is 0 Å². The molecule has 0 saturated heterocycles. The lowest BCUT2D eigenvalue weighted by Gasteiger charge is -2.64. The standard InChI is InChI=1S/C64H92N2O16/c1-33(14-20-55(71)72)45-16-18-47-57-49(31-53(63(45,47)9)79-37(5)69)61(7)24-22-43(26-39(61)28-51(57)77-35(3)67)81-59(75)65-41-12-11-13-42(30-41)66-60(76)82-44-23-25-62(8)40(27-44)29-52(78-36(4)68)58-48-19-17-46(34(2)15-21-56(73)74)64(48,10)54(32-50(58)62)80-38(6)70/h11-13,30,33-34,39-40,43-54,57-58H,14-29,31-32H2,1-10H3,(H,65,75)(H,66,76)(H,71,72)(H,73,74)/t33-,34-,39+,40+,43-,44-,45-,46-,47+,48+,49+,50+,51-,52-,53+,54+,57+,58+,61+,62+,63-,64-/m1/s1. The number of rotatable bonds is 16. The van der Waals surface area contributed by atoms with E-state index in [0.29, 0.717) is 75.6 Å². The van der Waals surface area contributed by atoms with Crippen LogP contribution in [0.2, 0.25) is 0 Å². The van der Waals surface area contributed by atoms with E-state index in [-0.39, 0.29) is 143 Å². The summed E-state index contributed by atoms with van der Waals surface area (Å²) in [6, 6.07) is 6.78. The molecule has 0 spiro atoms. The first kappa shape index (κ1) is 61.1. The maximum atomic E-state index is 13.7. The summed E-state index contributed by atoms with van der Waals surface area (Å²) in [4.78, 5) is 102. The molecular weight excluding hydrogens is 1050 g/mol. The number of amides is 2. The summed E-state index contributed by atoms with van der Waals surface area (Å²) in [5.41, 5.74) is -0.474. The highest BCUT2D eigenvalue weighted by Crippen LogP contribution is 2.71. The molecule has 18 heteroatoms. The van der Waals surface area contributed by atoms with E-state index in [9.17, 15) is 48.6 Å². The monoisotopic (exact) mass is 1140 g/mol. The quantitative estimate of drug-likeness (QED) is 0.0886. The maximum absolute atomic E-state index is 13.7. The van der Waals surface area contributed by atoms with Crippen LogP contribution in [0.3, 0.4) is 0 Å². The zero-order valence-electron chi connectivity index (χ0n) is 50.0. The normalized spacial score (nSPS) is 40.4. The topological polar surface area (TPSA) is 256 Å². The Morgan fingerprint density at radius 1 is 0.512 bits per heavy atom. The molecule has 22 atom stereocenters. The van der Waals surface area contributed by atoms with Crippen molar-refractivity contribution in [3.05, 3.63) is 24.3 Å². The molecule has 4 N–H and O–H groups in total. The fourth-order valence-electron chi connectivity index (χ4n) is 20.1. The highest BCUT2D eigenvalue weighted by atomic mass is 16.6. The largest absolute Gasteiger partial charge is 0.481 e. The summed E-state index contributed by atoms with van der Waals surface area (Å²) in [5, 5.41) is 24.8. The number of carboxylic acid groups (broad SMARTS) is 2. The van der Waals surface area contributed by atoms with Gasteiger partial charge in [-0.3, -0.25) is 39.4 Å². The second kappa shape index (κ2) is 23.9. The van der Waals surface area contributed by atoms with Gasteiger partial charge in [0.15, 0.2) is 0 Å². The van der Waals surface area contributed by atoms with E-state index < -0.39 is 47.2 Å². The van der Waals surface area contributed by atoms with E-state index in [1.54, 1.807) is 24.3 Å². The molecule has 82 heavy (non-hydrogen) atoms. The Bertz CT molecular complexity index is 2440. The molecule has 0 radical (unpaired) electrons. The number of carbonyl (C=O) groups is 8. The number of hydrogen-bond donors (Lipinski definition) is 4. The van der Waals surface area contributed by atoms with Gasteiger partial charge in [-0.05, 0) is 191 Å². The van der Waals surface area contributed by atoms with Gasteiger partial charge < -0.3 is 38.6 Å². The SMILES string of the molecule is CC(=O)O[C@H]1C[C@H]2[C@@H]([C@H](OC(C)=O)C[C@@H]3C[C@H](OC(=O)Nc4cccc(NC(=O)O[C@@H]5CC[C@@]6(C)[C@@H](C5)C[C@@H](OC(C)=O)[C@@H]5[C@@H]6C[C@H](OC(C)=O)[C@]6(C)[C@@H]([C@H](C)CCC(=O)O)CC[C@@H]56)c4)CC[C@@]32C)[C@@H]2CC[C@H]([C@H](C)CCC(=O)O)[C@@]12C. The van der Waals surface area contributed by atoms with Gasteiger partial charge in [-0.25, -0.2) is 9.59 Å². The van der Waals surface area contributed by atoms with Crippen molar-refractivity contribution in [2.45, 2.75) is 221 Å². The molecule has 8 saturated carbocycles. The fourth-order valence-corrected chi connectivity index (χ4v) is 20.1. The first-order valence-corrected chi connectivity index (χ1v) is 30.8. The molecule has 18 nitrogen and oxygen atoms in total. The van der Waals surface area contributed by atoms with Crippen LogP contribution in [0.1, 0.15) is 185 Å². The third-order valence-electron chi connectivity index (χ3n) is 23.7. The van der Waals surface area contributed by atoms with Gasteiger partial charge in [0.1, 0.15) is 36.6 Å². The average Bonchev–Trinajstić information content (AvgIpc) is 2.16. The summed E-state index contributed by atoms with van der Waals surface area (Å²) < 4.78 is 37.4. The number of hydrogen-bond acceptors (Lipinski definition) is 14. The van der Waals surface area contributed by atoms with Gasteiger partial charge in [0, 0.05) is 74.6 Å². The van der Waals surface area contributed by atoms with Crippen LogP contribution in [0.4, 0.5) is 21.0 Å². The van der Waals surface area contributed by atoms with Crippen LogP contribution in [-0.4, -0.2) is 94.8 Å². The van der Waals surface area contributed by atoms with Crippen molar-refractivity contribution in [2.75, 3.05) is 10.6 Å². The first-order chi connectivity index (χ1) is 38.6. The second-order valence-electron chi connectivity index (χ2n) is 27.8. The van der Waals surface area contributed by atoms with Crippen molar-refractivity contribution in [1.82, 2.24) is 0 Å².